The van der Waals surface area contributed by atoms with E-state index in [1.807, 2.05) is 6.07 Å². The molecule has 0 fully saturated rings. The summed E-state index contributed by atoms with van der Waals surface area (Å²) in [6.07, 6.45) is 4.80. The zero-order valence-electron chi connectivity index (χ0n) is 11.6. The Morgan fingerprint density at radius 1 is 1.05 bits per heavy atom. The summed E-state index contributed by atoms with van der Waals surface area (Å²) in [6, 6.07) is 9.66. The van der Waals surface area contributed by atoms with Crippen molar-refractivity contribution in [2.75, 3.05) is 12.8 Å². The summed E-state index contributed by atoms with van der Waals surface area (Å²) < 4.78 is 10.9. The minimum Gasteiger partial charge on any atom is -0.481 e. The van der Waals surface area contributed by atoms with Gasteiger partial charge in [-0.25, -0.2) is 0 Å². The summed E-state index contributed by atoms with van der Waals surface area (Å²) in [6.45, 7) is 0. The van der Waals surface area contributed by atoms with Crippen LogP contribution in [0.4, 0.5) is 5.69 Å². The van der Waals surface area contributed by atoms with Crippen molar-refractivity contribution in [3.63, 3.8) is 0 Å². The summed E-state index contributed by atoms with van der Waals surface area (Å²) in [5.74, 6) is 1.66. The topological polar surface area (TPSA) is 57.4 Å². The number of nitrogen functional groups attached to an aromatic ring is 1. The molecule has 2 N–H and O–H groups in total. The van der Waals surface area contributed by atoms with Crippen LogP contribution in [0.15, 0.2) is 30.3 Å². The van der Waals surface area contributed by atoms with Crippen LogP contribution in [-0.2, 0) is 12.8 Å². The molecule has 1 heterocycles. The third-order valence-corrected chi connectivity index (χ3v) is 3.61. The predicted molar refractivity (Wildman–Crippen MR) is 78.4 cm³/mol. The van der Waals surface area contributed by atoms with Crippen LogP contribution >= 0.6 is 0 Å². The van der Waals surface area contributed by atoms with Gasteiger partial charge in [0.05, 0.1) is 12.8 Å². The van der Waals surface area contributed by atoms with Crippen LogP contribution in [0.5, 0.6) is 17.5 Å². The Hall–Kier alpha value is -2.23. The number of rotatable bonds is 3. The molecule has 0 radical (unpaired) electrons. The monoisotopic (exact) mass is 270 g/mol. The normalized spacial score (nSPS) is 13.7. The van der Waals surface area contributed by atoms with Gasteiger partial charge in [0.1, 0.15) is 5.75 Å². The molecule has 20 heavy (non-hydrogen) atoms. The zero-order valence-corrected chi connectivity index (χ0v) is 11.6. The van der Waals surface area contributed by atoms with E-state index < -0.39 is 0 Å². The summed E-state index contributed by atoms with van der Waals surface area (Å²) in [5.41, 5.74) is 9.19. The van der Waals surface area contributed by atoms with Gasteiger partial charge in [-0.15, -0.1) is 0 Å². The van der Waals surface area contributed by atoms with E-state index in [4.69, 9.17) is 15.2 Å². The van der Waals surface area contributed by atoms with E-state index in [2.05, 4.69) is 17.1 Å². The molecule has 104 valence electrons. The molecule has 4 nitrogen and oxygen atoms in total. The molecule has 0 amide bonds. The first-order valence-corrected chi connectivity index (χ1v) is 6.86. The van der Waals surface area contributed by atoms with Gasteiger partial charge in [0.15, 0.2) is 0 Å². The number of anilines is 1. The van der Waals surface area contributed by atoms with Gasteiger partial charge < -0.3 is 15.2 Å². The first-order chi connectivity index (χ1) is 9.76. The lowest BCUT2D eigenvalue weighted by molar-refractivity contribution is 0.384. The molecule has 0 saturated carbocycles. The standard InChI is InChI=1S/C16H18N2O2/c1-19-15-9-8-14(17)16(18-15)20-13-7-6-11-4-2-3-5-12(11)10-13/h6-10H,2-5,17H2,1H3. The van der Waals surface area contributed by atoms with E-state index in [0.717, 1.165) is 18.6 Å². The quantitative estimate of drug-likeness (QED) is 0.929. The van der Waals surface area contributed by atoms with E-state index in [9.17, 15) is 0 Å². The Morgan fingerprint density at radius 2 is 1.85 bits per heavy atom. The molecule has 1 aromatic heterocycles. The lowest BCUT2D eigenvalue weighted by atomic mass is 9.92. The van der Waals surface area contributed by atoms with Crippen molar-refractivity contribution in [2.45, 2.75) is 25.7 Å². The van der Waals surface area contributed by atoms with E-state index in [0.29, 0.717) is 17.4 Å². The van der Waals surface area contributed by atoms with Gasteiger partial charge >= 0.3 is 0 Å². The van der Waals surface area contributed by atoms with Crippen molar-refractivity contribution >= 4 is 5.69 Å². The smallest absolute Gasteiger partial charge is 0.246 e. The number of fused-ring (bicyclic) bond motifs is 1. The molecule has 1 aromatic carbocycles. The Balaban J connectivity index is 1.87. The van der Waals surface area contributed by atoms with Gasteiger partial charge in [0.2, 0.25) is 11.8 Å². The number of nitrogens with two attached hydrogens (primary N) is 1. The minimum absolute atomic E-state index is 0.389. The number of aryl methyl sites for hydroxylation is 2. The molecular formula is C16H18N2O2. The third-order valence-electron chi connectivity index (χ3n) is 3.61. The molecule has 0 atom stereocenters. The average Bonchev–Trinajstić information content (AvgIpc) is 2.49. The number of aromatic nitrogens is 1. The molecule has 4 heteroatoms. The molecule has 0 spiro atoms. The van der Waals surface area contributed by atoms with Crippen molar-refractivity contribution in [1.82, 2.24) is 4.98 Å². The Bertz CT molecular complexity index is 626. The maximum absolute atomic E-state index is 5.89. The first-order valence-electron chi connectivity index (χ1n) is 6.86. The Labute approximate surface area is 118 Å². The summed E-state index contributed by atoms with van der Waals surface area (Å²) >= 11 is 0. The molecule has 0 aliphatic heterocycles. The van der Waals surface area contributed by atoms with Gasteiger partial charge in [-0.1, -0.05) is 6.07 Å². The van der Waals surface area contributed by atoms with Crippen LogP contribution in [0, 0.1) is 0 Å². The highest BCUT2D eigenvalue weighted by molar-refractivity contribution is 5.51. The number of methoxy groups -OCH3 is 1. The zero-order chi connectivity index (χ0) is 13.9. The van der Waals surface area contributed by atoms with E-state index in [-0.39, 0.29) is 0 Å². The molecular weight excluding hydrogens is 252 g/mol. The SMILES string of the molecule is COc1ccc(N)c(Oc2ccc3c(c2)CCCC3)n1. The van der Waals surface area contributed by atoms with Gasteiger partial charge in [-0.05, 0) is 55.0 Å². The largest absolute Gasteiger partial charge is 0.481 e. The molecule has 2 aromatic rings. The first kappa shape index (κ1) is 12.8. The second kappa shape index (κ2) is 5.41. The molecule has 1 aliphatic rings. The lowest BCUT2D eigenvalue weighted by Gasteiger charge is -2.17. The lowest BCUT2D eigenvalue weighted by Crippen LogP contribution is -2.03. The van der Waals surface area contributed by atoms with Crippen LogP contribution < -0.4 is 15.2 Å². The van der Waals surface area contributed by atoms with Gasteiger partial charge in [-0.3, -0.25) is 0 Å². The molecule has 0 bridgehead atoms. The van der Waals surface area contributed by atoms with Crippen LogP contribution in [-0.4, -0.2) is 12.1 Å². The number of hydrogen-bond acceptors (Lipinski definition) is 4. The number of pyridine rings is 1. The van der Waals surface area contributed by atoms with Gasteiger partial charge in [-0.2, -0.15) is 4.98 Å². The molecule has 0 unspecified atom stereocenters. The molecule has 3 rings (SSSR count). The summed E-state index contributed by atoms with van der Waals surface area (Å²) in [5, 5.41) is 0. The second-order valence-electron chi connectivity index (χ2n) is 4.99. The highest BCUT2D eigenvalue weighted by atomic mass is 16.5. The maximum atomic E-state index is 5.89. The van der Waals surface area contributed by atoms with Gasteiger partial charge in [0.25, 0.3) is 0 Å². The molecule has 0 saturated heterocycles. The second-order valence-corrected chi connectivity index (χ2v) is 4.99. The van der Waals surface area contributed by atoms with Crippen LogP contribution in [0.25, 0.3) is 0 Å². The number of nitrogens with zero attached hydrogens (tertiary/aromatic N) is 1. The highest BCUT2D eigenvalue weighted by Gasteiger charge is 2.12. The third kappa shape index (κ3) is 2.54. The van der Waals surface area contributed by atoms with Crippen LogP contribution in [0.2, 0.25) is 0 Å². The van der Waals surface area contributed by atoms with Crippen LogP contribution in [0.1, 0.15) is 24.0 Å². The predicted octanol–water partition coefficient (Wildman–Crippen LogP) is 3.34. The fraction of sp³-hybridized carbons (Fsp3) is 0.312. The Morgan fingerprint density at radius 3 is 2.65 bits per heavy atom. The van der Waals surface area contributed by atoms with Crippen LogP contribution in [0.3, 0.4) is 0 Å². The molecule has 1 aliphatic carbocycles. The summed E-state index contributed by atoms with van der Waals surface area (Å²) in [7, 11) is 1.57. The maximum Gasteiger partial charge on any atom is 0.246 e. The van der Waals surface area contributed by atoms with Crippen molar-refractivity contribution in [2.24, 2.45) is 0 Å². The van der Waals surface area contributed by atoms with Gasteiger partial charge in [0, 0.05) is 6.07 Å². The van der Waals surface area contributed by atoms with E-state index >= 15 is 0 Å². The minimum atomic E-state index is 0.389. The Kier molecular flexibility index (Phi) is 3.46. The van der Waals surface area contributed by atoms with E-state index in [1.165, 1.54) is 24.0 Å². The van der Waals surface area contributed by atoms with E-state index in [1.54, 1.807) is 19.2 Å². The number of hydrogen-bond donors (Lipinski definition) is 1. The van der Waals surface area contributed by atoms with Crippen molar-refractivity contribution in [1.29, 1.82) is 0 Å². The summed E-state index contributed by atoms with van der Waals surface area (Å²) in [4.78, 5) is 4.23. The van der Waals surface area contributed by atoms with Crippen molar-refractivity contribution in [3.05, 3.63) is 41.5 Å². The highest BCUT2D eigenvalue weighted by Crippen LogP contribution is 2.30. The average molecular weight is 270 g/mol. The number of benzene rings is 1. The number of ether oxygens (including phenoxy) is 2. The fourth-order valence-electron chi connectivity index (χ4n) is 2.51. The fourth-order valence-corrected chi connectivity index (χ4v) is 2.51. The van der Waals surface area contributed by atoms with Crippen molar-refractivity contribution < 1.29 is 9.47 Å². The van der Waals surface area contributed by atoms with Crippen molar-refractivity contribution in [3.8, 4) is 17.5 Å².